The first-order chi connectivity index (χ1) is 6.75. The maximum atomic E-state index is 11.8. The minimum absolute atomic E-state index is 0.0101. The van der Waals surface area contributed by atoms with Gasteiger partial charge in [0, 0.05) is 11.1 Å². The van der Waals surface area contributed by atoms with Crippen LogP contribution in [0.1, 0.15) is 41.1 Å². The zero-order valence-corrected chi connectivity index (χ0v) is 8.80. The summed E-state index contributed by atoms with van der Waals surface area (Å²) in [4.78, 5) is 12.5. The number of hydrogen-bond donors (Lipinski definition) is 1. The van der Waals surface area contributed by atoms with Gasteiger partial charge in [0.1, 0.15) is 6.10 Å². The van der Waals surface area contributed by atoms with E-state index in [4.69, 9.17) is 0 Å². The number of allylic oxidation sites excluding steroid dienone is 1. The molecule has 1 aromatic heterocycles. The highest BCUT2D eigenvalue weighted by Crippen LogP contribution is 2.38. The predicted molar refractivity (Wildman–Crippen MR) is 56.6 cm³/mol. The van der Waals surface area contributed by atoms with E-state index < -0.39 is 6.10 Å². The van der Waals surface area contributed by atoms with Gasteiger partial charge in [-0.1, -0.05) is 19.4 Å². The molecule has 0 aromatic carbocycles. The smallest absolute Gasteiger partial charge is 0.201 e. The number of carbonyl (C=O) groups excluding carboxylic acids is 1. The Bertz CT molecular complexity index is 390. The highest BCUT2D eigenvalue weighted by molar-refractivity contribution is 7.12. The molecule has 1 aromatic rings. The van der Waals surface area contributed by atoms with Gasteiger partial charge in [0.15, 0.2) is 0 Å². The third-order valence-electron chi connectivity index (χ3n) is 2.41. The van der Waals surface area contributed by atoms with Gasteiger partial charge in [-0.2, -0.15) is 0 Å². The van der Waals surface area contributed by atoms with Gasteiger partial charge in [-0.25, -0.2) is 0 Å². The zero-order valence-electron chi connectivity index (χ0n) is 7.99. The zero-order chi connectivity index (χ0) is 10.1. The van der Waals surface area contributed by atoms with E-state index in [1.807, 2.05) is 17.5 Å². The minimum atomic E-state index is -0.685. The molecule has 0 bridgehead atoms. The Morgan fingerprint density at radius 3 is 3.07 bits per heavy atom. The fourth-order valence-corrected chi connectivity index (χ4v) is 2.54. The average Bonchev–Trinajstić information content (AvgIpc) is 2.72. The third-order valence-corrected chi connectivity index (χ3v) is 3.34. The second-order valence-electron chi connectivity index (χ2n) is 3.38. The van der Waals surface area contributed by atoms with E-state index in [2.05, 4.69) is 6.92 Å². The fourth-order valence-electron chi connectivity index (χ4n) is 1.65. The van der Waals surface area contributed by atoms with E-state index in [1.54, 1.807) is 0 Å². The molecule has 0 aliphatic heterocycles. The maximum Gasteiger partial charge on any atom is 0.201 e. The van der Waals surface area contributed by atoms with Gasteiger partial charge in [0.05, 0.1) is 4.88 Å². The maximum absolute atomic E-state index is 11.8. The number of carbonyl (C=O) groups is 1. The van der Waals surface area contributed by atoms with Gasteiger partial charge in [-0.3, -0.25) is 4.79 Å². The van der Waals surface area contributed by atoms with Crippen molar-refractivity contribution in [1.29, 1.82) is 0 Å². The number of aliphatic hydroxyl groups excluding tert-OH is 1. The Morgan fingerprint density at radius 2 is 2.43 bits per heavy atom. The molecule has 0 saturated heterocycles. The van der Waals surface area contributed by atoms with Crippen molar-refractivity contribution in [2.75, 3.05) is 0 Å². The summed E-state index contributed by atoms with van der Waals surface area (Å²) in [5.41, 5.74) is 1.34. The molecular weight excluding hydrogens is 196 g/mol. The monoisotopic (exact) mass is 208 g/mol. The van der Waals surface area contributed by atoms with Gasteiger partial charge < -0.3 is 5.11 Å². The van der Waals surface area contributed by atoms with Crippen molar-refractivity contribution in [3.05, 3.63) is 33.5 Å². The second kappa shape index (κ2) is 3.67. The number of aliphatic hydroxyl groups is 1. The van der Waals surface area contributed by atoms with E-state index in [-0.39, 0.29) is 5.78 Å². The number of fused-ring (bicyclic) bond motifs is 1. The largest absolute Gasteiger partial charge is 0.383 e. The first kappa shape index (κ1) is 9.62. The van der Waals surface area contributed by atoms with Crippen molar-refractivity contribution in [3.63, 3.8) is 0 Å². The minimum Gasteiger partial charge on any atom is -0.383 e. The van der Waals surface area contributed by atoms with Crippen LogP contribution in [-0.2, 0) is 0 Å². The molecule has 1 aliphatic rings. The van der Waals surface area contributed by atoms with Crippen LogP contribution in [-0.4, -0.2) is 10.9 Å². The molecule has 14 heavy (non-hydrogen) atoms. The van der Waals surface area contributed by atoms with E-state index in [0.29, 0.717) is 10.5 Å². The van der Waals surface area contributed by atoms with Crippen LogP contribution in [0.2, 0.25) is 0 Å². The summed E-state index contributed by atoms with van der Waals surface area (Å²) in [5, 5.41) is 11.7. The highest BCUT2D eigenvalue weighted by Gasteiger charge is 2.33. The molecule has 2 nitrogen and oxygen atoms in total. The van der Waals surface area contributed by atoms with Crippen LogP contribution in [0.3, 0.4) is 0 Å². The van der Waals surface area contributed by atoms with Crippen molar-refractivity contribution in [2.24, 2.45) is 0 Å². The van der Waals surface area contributed by atoms with E-state index >= 15 is 0 Å². The van der Waals surface area contributed by atoms with Crippen molar-refractivity contribution in [2.45, 2.75) is 25.9 Å². The van der Waals surface area contributed by atoms with Crippen LogP contribution in [0.5, 0.6) is 0 Å². The van der Waals surface area contributed by atoms with E-state index in [1.165, 1.54) is 11.3 Å². The van der Waals surface area contributed by atoms with Crippen LogP contribution >= 0.6 is 11.3 Å². The molecule has 0 spiro atoms. The Balaban J connectivity index is 2.35. The topological polar surface area (TPSA) is 37.3 Å². The lowest BCUT2D eigenvalue weighted by atomic mass is 10.1. The molecule has 0 fully saturated rings. The Kier molecular flexibility index (Phi) is 2.52. The number of Topliss-reactive ketones (excluding diaryl/α,β-unsaturated/α-hetero) is 1. The quantitative estimate of drug-likeness (QED) is 0.759. The molecule has 1 heterocycles. The summed E-state index contributed by atoms with van der Waals surface area (Å²) in [6.07, 6.45) is 3.03. The van der Waals surface area contributed by atoms with Gasteiger partial charge in [-0.15, -0.1) is 11.3 Å². The Labute approximate surface area is 86.9 Å². The van der Waals surface area contributed by atoms with Crippen LogP contribution < -0.4 is 0 Å². The summed E-state index contributed by atoms with van der Waals surface area (Å²) in [7, 11) is 0. The molecule has 74 valence electrons. The molecule has 1 N–H and O–H groups in total. The van der Waals surface area contributed by atoms with Crippen LogP contribution in [0.25, 0.3) is 0 Å². The first-order valence-corrected chi connectivity index (χ1v) is 5.64. The van der Waals surface area contributed by atoms with Crippen molar-refractivity contribution >= 4 is 17.1 Å². The van der Waals surface area contributed by atoms with Gasteiger partial charge in [0.2, 0.25) is 5.78 Å². The molecule has 0 amide bonds. The summed E-state index contributed by atoms with van der Waals surface area (Å²) >= 11 is 1.41. The van der Waals surface area contributed by atoms with Crippen LogP contribution in [0.15, 0.2) is 23.1 Å². The lowest BCUT2D eigenvalue weighted by Crippen LogP contribution is -1.99. The second-order valence-corrected chi connectivity index (χ2v) is 4.30. The van der Waals surface area contributed by atoms with Crippen LogP contribution in [0, 0.1) is 0 Å². The van der Waals surface area contributed by atoms with E-state index in [0.717, 1.165) is 18.4 Å². The fraction of sp³-hybridized carbons (Fsp3) is 0.364. The normalized spacial score (nSPS) is 23.1. The number of unbranched alkanes of at least 4 members (excludes halogenated alkanes) is 1. The lowest BCUT2D eigenvalue weighted by molar-refractivity contribution is 0.102. The predicted octanol–water partition coefficient (Wildman–Crippen LogP) is 2.70. The molecule has 1 aliphatic carbocycles. The number of rotatable bonds is 2. The number of hydrogen-bond acceptors (Lipinski definition) is 3. The molecule has 0 unspecified atom stereocenters. The van der Waals surface area contributed by atoms with Gasteiger partial charge >= 0.3 is 0 Å². The summed E-state index contributed by atoms with van der Waals surface area (Å²) in [6, 6.07) is 1.83. The van der Waals surface area contributed by atoms with Crippen LogP contribution in [0.4, 0.5) is 0 Å². The summed E-state index contributed by atoms with van der Waals surface area (Å²) < 4.78 is 0. The van der Waals surface area contributed by atoms with E-state index in [9.17, 15) is 9.90 Å². The average molecular weight is 208 g/mol. The van der Waals surface area contributed by atoms with Gasteiger partial charge in [0.25, 0.3) is 0 Å². The third kappa shape index (κ3) is 1.33. The Hall–Kier alpha value is -0.930. The SMILES string of the molecule is CCC/C=C1/C(=O)c2sccc2[C@H]1O. The number of thiophene rings is 1. The molecule has 3 heteroatoms. The molecule has 2 rings (SSSR count). The number of ketones is 1. The highest BCUT2D eigenvalue weighted by atomic mass is 32.1. The molecule has 0 radical (unpaired) electrons. The standard InChI is InChI=1S/C11H12O2S/c1-2-3-4-7-9(12)8-5-6-14-11(8)10(7)13/h4-6,9,12H,2-3H2,1H3/b7-4+/t9-/m0/s1. The Morgan fingerprint density at radius 1 is 1.64 bits per heavy atom. The molecule has 0 saturated carbocycles. The lowest BCUT2D eigenvalue weighted by Gasteiger charge is -2.02. The molecule has 1 atom stereocenters. The molecular formula is C11H12O2S. The van der Waals surface area contributed by atoms with Crippen molar-refractivity contribution in [1.82, 2.24) is 0 Å². The van der Waals surface area contributed by atoms with Crippen molar-refractivity contribution < 1.29 is 9.90 Å². The summed E-state index contributed by atoms with van der Waals surface area (Å²) in [5.74, 6) is 0.0101. The van der Waals surface area contributed by atoms with Crippen molar-refractivity contribution in [3.8, 4) is 0 Å². The first-order valence-electron chi connectivity index (χ1n) is 4.76. The summed E-state index contributed by atoms with van der Waals surface area (Å²) in [6.45, 7) is 2.05. The van der Waals surface area contributed by atoms with Gasteiger partial charge in [-0.05, 0) is 17.9 Å².